The number of rotatable bonds is 4. The average molecular weight is 413 g/mol. The molecule has 1 N–H and O–H groups in total. The van der Waals surface area contributed by atoms with Gasteiger partial charge in [0, 0.05) is 6.92 Å². The Bertz CT molecular complexity index is 712. The minimum Gasteiger partial charge on any atom is -0.481 e. The minimum absolute atomic E-state index is 0.411. The lowest BCUT2D eigenvalue weighted by molar-refractivity contribution is -0.134. The normalized spacial score (nSPS) is 40.3. The van der Waals surface area contributed by atoms with E-state index in [-0.39, 0.29) is 0 Å². The molecule has 30 heavy (non-hydrogen) atoms. The van der Waals surface area contributed by atoms with Crippen LogP contribution in [0.25, 0.3) is 0 Å². The second-order valence-corrected chi connectivity index (χ2v) is 11.2. The molecule has 4 rings (SSSR count). The van der Waals surface area contributed by atoms with Crippen molar-refractivity contribution >= 4 is 5.97 Å². The Morgan fingerprint density at radius 3 is 2.60 bits per heavy atom. The third-order valence-corrected chi connectivity index (χ3v) is 9.41. The zero-order valence-corrected chi connectivity index (χ0v) is 20.0. The number of carboxylic acids is 1. The van der Waals surface area contributed by atoms with Gasteiger partial charge in [0.15, 0.2) is 0 Å². The maximum Gasteiger partial charge on any atom is 0.300 e. The van der Waals surface area contributed by atoms with E-state index in [9.17, 15) is 0 Å². The molecule has 0 amide bonds. The maximum atomic E-state index is 9.00. The second-order valence-electron chi connectivity index (χ2n) is 11.2. The van der Waals surface area contributed by atoms with Crippen molar-refractivity contribution in [3.63, 3.8) is 0 Å². The third-order valence-electron chi connectivity index (χ3n) is 9.41. The number of carboxylic acid groups (broad SMARTS) is 1. The molecule has 4 aliphatic carbocycles. The first-order valence-electron chi connectivity index (χ1n) is 12.4. The minimum atomic E-state index is -0.833. The van der Waals surface area contributed by atoms with Crippen molar-refractivity contribution in [3.05, 3.63) is 36.0 Å². The van der Waals surface area contributed by atoms with Crippen LogP contribution >= 0.6 is 0 Å². The molecule has 0 aromatic rings. The van der Waals surface area contributed by atoms with E-state index >= 15 is 0 Å². The standard InChI is InChI=1S/C26H40.C2H4O2/c1-6-7-8-19(3)22-11-12-23-21-10-9-20-17-18(2)13-15-25(20,4)24(21)14-16-26(22,23)5;1-2(3)4/h9-10,17,19,21-24H,2,6-8,11-16H2,1,3-5H3;1H3,(H,3,4). The number of allylic oxidation sites excluding steroid dienone is 5. The summed E-state index contributed by atoms with van der Waals surface area (Å²) in [6, 6.07) is 0. The monoisotopic (exact) mass is 412 g/mol. The summed E-state index contributed by atoms with van der Waals surface area (Å²) in [5.41, 5.74) is 3.93. The molecule has 2 heteroatoms. The molecule has 2 saturated carbocycles. The molecule has 0 spiro atoms. The number of aliphatic carboxylic acids is 1. The first-order chi connectivity index (χ1) is 14.1. The summed E-state index contributed by atoms with van der Waals surface area (Å²) in [7, 11) is 0. The van der Waals surface area contributed by atoms with Crippen LogP contribution in [-0.4, -0.2) is 11.1 Å². The zero-order valence-electron chi connectivity index (χ0n) is 20.0. The summed E-state index contributed by atoms with van der Waals surface area (Å²) in [6.45, 7) is 15.5. The molecular weight excluding hydrogens is 368 g/mol. The Morgan fingerprint density at radius 1 is 1.23 bits per heavy atom. The van der Waals surface area contributed by atoms with Gasteiger partial charge in [-0.1, -0.05) is 77.3 Å². The molecule has 0 aromatic carbocycles. The predicted octanol–water partition coefficient (Wildman–Crippen LogP) is 7.81. The van der Waals surface area contributed by atoms with Crippen LogP contribution < -0.4 is 0 Å². The van der Waals surface area contributed by atoms with Gasteiger partial charge in [0.2, 0.25) is 0 Å². The highest BCUT2D eigenvalue weighted by molar-refractivity contribution is 5.62. The first-order valence-corrected chi connectivity index (χ1v) is 12.4. The van der Waals surface area contributed by atoms with Gasteiger partial charge in [0.1, 0.15) is 0 Å². The molecule has 2 fully saturated rings. The van der Waals surface area contributed by atoms with Crippen molar-refractivity contribution in [2.45, 2.75) is 92.4 Å². The lowest BCUT2D eigenvalue weighted by Crippen LogP contribution is -2.49. The van der Waals surface area contributed by atoms with Crippen molar-refractivity contribution in [2.24, 2.45) is 40.4 Å². The van der Waals surface area contributed by atoms with Crippen LogP contribution in [-0.2, 0) is 4.79 Å². The molecule has 0 bridgehead atoms. The van der Waals surface area contributed by atoms with Crippen molar-refractivity contribution < 1.29 is 9.90 Å². The molecule has 7 atom stereocenters. The molecular formula is C28H44O2. The lowest BCUT2D eigenvalue weighted by Gasteiger charge is -2.56. The van der Waals surface area contributed by atoms with Crippen LogP contribution in [0.4, 0.5) is 0 Å². The van der Waals surface area contributed by atoms with E-state index < -0.39 is 5.97 Å². The number of hydrogen-bond donors (Lipinski definition) is 1. The van der Waals surface area contributed by atoms with Gasteiger partial charge in [-0.05, 0) is 84.5 Å². The van der Waals surface area contributed by atoms with E-state index in [4.69, 9.17) is 9.90 Å². The largest absolute Gasteiger partial charge is 0.481 e. The van der Waals surface area contributed by atoms with E-state index in [0.29, 0.717) is 10.8 Å². The summed E-state index contributed by atoms with van der Waals surface area (Å²) in [5.74, 6) is 3.66. The van der Waals surface area contributed by atoms with Gasteiger partial charge in [0.05, 0.1) is 0 Å². The number of unbranched alkanes of at least 4 members (excludes halogenated alkanes) is 1. The highest BCUT2D eigenvalue weighted by Gasteiger charge is 2.58. The number of fused-ring (bicyclic) bond motifs is 5. The first kappa shape index (κ1) is 23.4. The Balaban J connectivity index is 0.000000589. The van der Waals surface area contributed by atoms with Crippen LogP contribution in [0.2, 0.25) is 0 Å². The Kier molecular flexibility index (Phi) is 7.04. The van der Waals surface area contributed by atoms with E-state index in [1.54, 1.807) is 5.57 Å². The fraction of sp³-hybridized carbons (Fsp3) is 0.750. The fourth-order valence-corrected chi connectivity index (χ4v) is 7.78. The van der Waals surface area contributed by atoms with E-state index in [0.717, 1.165) is 36.5 Å². The van der Waals surface area contributed by atoms with E-state index in [1.807, 2.05) is 0 Å². The molecule has 2 nitrogen and oxygen atoms in total. The van der Waals surface area contributed by atoms with Gasteiger partial charge >= 0.3 is 0 Å². The van der Waals surface area contributed by atoms with Gasteiger partial charge in [-0.3, -0.25) is 4.79 Å². The SMILES string of the molecule is C=C1C=C2C=CC3C(CCC4(C)C(C(C)CCCC)CCC34)C2(C)CC1.CC(=O)O. The molecule has 7 unspecified atom stereocenters. The summed E-state index contributed by atoms with van der Waals surface area (Å²) in [4.78, 5) is 9.00. The topological polar surface area (TPSA) is 37.3 Å². The molecule has 0 aromatic heterocycles. The maximum absolute atomic E-state index is 9.00. The number of carbonyl (C=O) groups is 1. The van der Waals surface area contributed by atoms with Crippen molar-refractivity contribution in [1.82, 2.24) is 0 Å². The van der Waals surface area contributed by atoms with Crippen molar-refractivity contribution in [1.29, 1.82) is 0 Å². The van der Waals surface area contributed by atoms with E-state index in [2.05, 4.69) is 52.5 Å². The van der Waals surface area contributed by atoms with Crippen molar-refractivity contribution in [2.75, 3.05) is 0 Å². The molecule has 0 aliphatic heterocycles. The molecule has 0 heterocycles. The molecule has 168 valence electrons. The van der Waals surface area contributed by atoms with Crippen LogP contribution in [0, 0.1) is 40.4 Å². The van der Waals surface area contributed by atoms with Crippen LogP contribution in [0.1, 0.15) is 92.4 Å². The summed E-state index contributed by atoms with van der Waals surface area (Å²) in [6.07, 6.45) is 20.2. The fourth-order valence-electron chi connectivity index (χ4n) is 7.78. The van der Waals surface area contributed by atoms with Gasteiger partial charge in [-0.25, -0.2) is 0 Å². The molecule has 0 saturated heterocycles. The third kappa shape index (κ3) is 4.21. The smallest absolute Gasteiger partial charge is 0.300 e. The van der Waals surface area contributed by atoms with Crippen molar-refractivity contribution in [3.8, 4) is 0 Å². The number of hydrogen-bond acceptors (Lipinski definition) is 1. The quantitative estimate of drug-likeness (QED) is 0.511. The Morgan fingerprint density at radius 2 is 1.93 bits per heavy atom. The molecule has 4 aliphatic rings. The highest BCUT2D eigenvalue weighted by Crippen LogP contribution is 2.66. The van der Waals surface area contributed by atoms with Gasteiger partial charge in [-0.15, -0.1) is 0 Å². The van der Waals surface area contributed by atoms with Gasteiger partial charge in [-0.2, -0.15) is 0 Å². The summed E-state index contributed by atoms with van der Waals surface area (Å²) < 4.78 is 0. The van der Waals surface area contributed by atoms with E-state index in [1.165, 1.54) is 63.4 Å². The lowest BCUT2D eigenvalue weighted by atomic mass is 9.48. The van der Waals surface area contributed by atoms with Gasteiger partial charge < -0.3 is 5.11 Å². The Hall–Kier alpha value is -1.31. The Labute approximate surface area is 184 Å². The van der Waals surface area contributed by atoms with Crippen LogP contribution in [0.15, 0.2) is 36.0 Å². The molecule has 0 radical (unpaired) electrons. The van der Waals surface area contributed by atoms with Crippen LogP contribution in [0.5, 0.6) is 0 Å². The van der Waals surface area contributed by atoms with Crippen LogP contribution in [0.3, 0.4) is 0 Å². The van der Waals surface area contributed by atoms with Gasteiger partial charge in [0.25, 0.3) is 5.97 Å². The average Bonchev–Trinajstić information content (AvgIpc) is 3.03. The zero-order chi connectivity index (χ0) is 22.1. The second kappa shape index (κ2) is 9.05. The highest BCUT2D eigenvalue weighted by atomic mass is 16.4. The predicted molar refractivity (Wildman–Crippen MR) is 126 cm³/mol. The summed E-state index contributed by atoms with van der Waals surface area (Å²) >= 11 is 0. The summed E-state index contributed by atoms with van der Waals surface area (Å²) in [5, 5.41) is 7.42.